The molecule has 3 rings (SSSR count). The first-order valence-corrected chi connectivity index (χ1v) is 8.92. The van der Waals surface area contributed by atoms with Crippen LogP contribution in [0.1, 0.15) is 36.3 Å². The lowest BCUT2D eigenvalue weighted by Crippen LogP contribution is -2.17. The van der Waals surface area contributed by atoms with Crippen LogP contribution in [0.3, 0.4) is 0 Å². The van der Waals surface area contributed by atoms with Crippen molar-refractivity contribution in [3.05, 3.63) is 87.6 Å². The Morgan fingerprint density at radius 1 is 1.19 bits per heavy atom. The molecule has 140 valence electrons. The number of nitrogens with one attached hydrogen (secondary N) is 1. The van der Waals surface area contributed by atoms with Gasteiger partial charge < -0.3 is 5.11 Å². The molecule has 0 aliphatic rings. The quantitative estimate of drug-likeness (QED) is 0.628. The number of benzene rings is 2. The highest BCUT2D eigenvalue weighted by molar-refractivity contribution is 5.81. The summed E-state index contributed by atoms with van der Waals surface area (Å²) in [4.78, 5) is 17.1. The molecule has 0 fully saturated rings. The van der Waals surface area contributed by atoms with Gasteiger partial charge in [0, 0.05) is 11.9 Å². The van der Waals surface area contributed by atoms with Crippen LogP contribution in [0.5, 0.6) is 0 Å². The normalized spacial score (nSPS) is 12.6. The molecule has 0 saturated heterocycles. The highest BCUT2D eigenvalue weighted by Gasteiger charge is 2.13. The fraction of sp³-hybridized carbons (Fsp3) is 0.238. The molecule has 2 N–H and O–H groups in total. The highest BCUT2D eigenvalue weighted by Crippen LogP contribution is 2.13. The molecule has 3 aromatic rings. The van der Waals surface area contributed by atoms with Crippen molar-refractivity contribution in [1.82, 2.24) is 9.78 Å². The molecule has 5 nitrogen and oxygen atoms in total. The second kappa shape index (κ2) is 8.60. The molecule has 0 unspecified atom stereocenters. The van der Waals surface area contributed by atoms with E-state index < -0.39 is 6.10 Å². The van der Waals surface area contributed by atoms with Gasteiger partial charge in [0.15, 0.2) is 0 Å². The van der Waals surface area contributed by atoms with E-state index in [1.807, 2.05) is 37.3 Å². The van der Waals surface area contributed by atoms with E-state index >= 15 is 0 Å². The van der Waals surface area contributed by atoms with Crippen molar-refractivity contribution < 1.29 is 9.50 Å². The van der Waals surface area contributed by atoms with Gasteiger partial charge in [0.2, 0.25) is 0 Å². The zero-order chi connectivity index (χ0) is 19.2. The van der Waals surface area contributed by atoms with Gasteiger partial charge >= 0.3 is 0 Å². The van der Waals surface area contributed by atoms with E-state index in [2.05, 4.69) is 10.1 Å². The van der Waals surface area contributed by atoms with E-state index in [0.717, 1.165) is 17.7 Å². The molecule has 6 heteroatoms. The molecule has 0 bridgehead atoms. The summed E-state index contributed by atoms with van der Waals surface area (Å²) in [6.07, 6.45) is 2.33. The molecule has 27 heavy (non-hydrogen) atoms. The van der Waals surface area contributed by atoms with Gasteiger partial charge in [-0.05, 0) is 36.2 Å². The Bertz CT molecular complexity index is 959. The third-order valence-corrected chi connectivity index (χ3v) is 4.27. The van der Waals surface area contributed by atoms with Crippen molar-refractivity contribution in [3.8, 4) is 5.69 Å². The van der Waals surface area contributed by atoms with Gasteiger partial charge in [-0.2, -0.15) is 0 Å². The maximum atomic E-state index is 13.1. The van der Waals surface area contributed by atoms with E-state index in [1.165, 1.54) is 23.0 Å². The van der Waals surface area contributed by atoms with Gasteiger partial charge in [0.1, 0.15) is 5.82 Å². The van der Waals surface area contributed by atoms with E-state index in [9.17, 15) is 14.3 Å². The summed E-state index contributed by atoms with van der Waals surface area (Å²) in [5.74, 6) is -0.358. The predicted octanol–water partition coefficient (Wildman–Crippen LogP) is 3.41. The molecule has 0 spiro atoms. The van der Waals surface area contributed by atoms with Crippen LogP contribution in [0.2, 0.25) is 0 Å². The number of hydrogen-bond acceptors (Lipinski definition) is 3. The zero-order valence-electron chi connectivity index (χ0n) is 15.1. The standard InChI is InChI=1S/C21H22FN3O2/c1-2-6-19-18(13-23-14-20(26)15-7-4-3-5-8-15)21(27)25(24-19)17-11-9-16(22)10-12-17/h3-5,7-13,20,24,26H,2,6,14H2,1H3/t20-/m0/s1. The van der Waals surface area contributed by atoms with Gasteiger partial charge in [-0.3, -0.25) is 14.9 Å². The Labute approximate surface area is 156 Å². The molecule has 0 amide bonds. The van der Waals surface area contributed by atoms with Gasteiger partial charge in [-0.1, -0.05) is 43.7 Å². The van der Waals surface area contributed by atoms with E-state index in [4.69, 9.17) is 0 Å². The number of aliphatic imine (C=N–C) groups is 1. The monoisotopic (exact) mass is 367 g/mol. The Kier molecular flexibility index (Phi) is 5.98. The number of hydrogen-bond donors (Lipinski definition) is 2. The number of aromatic amines is 1. The van der Waals surface area contributed by atoms with Crippen molar-refractivity contribution in [2.75, 3.05) is 6.54 Å². The lowest BCUT2D eigenvalue weighted by Gasteiger charge is -2.06. The SMILES string of the molecule is CCCc1[nH]n(-c2ccc(F)cc2)c(=O)c1C=NC[C@H](O)c1ccccc1. The number of aryl methyl sites for hydroxylation is 1. The smallest absolute Gasteiger partial charge is 0.280 e. The summed E-state index contributed by atoms with van der Waals surface area (Å²) < 4.78 is 14.5. The van der Waals surface area contributed by atoms with Gasteiger partial charge in [0.05, 0.1) is 23.9 Å². The maximum absolute atomic E-state index is 13.1. The number of aliphatic hydroxyl groups is 1. The first-order chi connectivity index (χ1) is 13.1. The van der Waals surface area contributed by atoms with Crippen LogP contribution < -0.4 is 5.56 Å². The highest BCUT2D eigenvalue weighted by atomic mass is 19.1. The Morgan fingerprint density at radius 2 is 1.89 bits per heavy atom. The summed E-state index contributed by atoms with van der Waals surface area (Å²) >= 11 is 0. The number of rotatable bonds is 7. The largest absolute Gasteiger partial charge is 0.386 e. The molecule has 1 atom stereocenters. The predicted molar refractivity (Wildman–Crippen MR) is 104 cm³/mol. The Balaban J connectivity index is 1.85. The lowest BCUT2D eigenvalue weighted by atomic mass is 10.1. The molecule has 0 saturated carbocycles. The average Bonchev–Trinajstić information content (AvgIpc) is 2.99. The van der Waals surface area contributed by atoms with E-state index in [-0.39, 0.29) is 17.9 Å². The number of aliphatic hydroxyl groups excluding tert-OH is 1. The summed E-state index contributed by atoms with van der Waals surface area (Å²) in [5.41, 5.74) is 2.32. The molecule has 2 aromatic carbocycles. The van der Waals surface area contributed by atoms with Crippen LogP contribution in [0, 0.1) is 5.82 Å². The lowest BCUT2D eigenvalue weighted by molar-refractivity contribution is 0.187. The Morgan fingerprint density at radius 3 is 2.56 bits per heavy atom. The second-order valence-electron chi connectivity index (χ2n) is 6.29. The second-order valence-corrected chi connectivity index (χ2v) is 6.29. The minimum atomic E-state index is -0.727. The van der Waals surface area contributed by atoms with Crippen molar-refractivity contribution in [1.29, 1.82) is 0 Å². The van der Waals surface area contributed by atoms with Crippen LogP contribution in [0.25, 0.3) is 5.69 Å². The maximum Gasteiger partial charge on any atom is 0.280 e. The van der Waals surface area contributed by atoms with Gasteiger partial charge in [0.25, 0.3) is 5.56 Å². The first-order valence-electron chi connectivity index (χ1n) is 8.92. The molecule has 0 radical (unpaired) electrons. The number of H-pyrrole nitrogens is 1. The van der Waals surface area contributed by atoms with Crippen molar-refractivity contribution in [3.63, 3.8) is 0 Å². The van der Waals surface area contributed by atoms with E-state index in [0.29, 0.717) is 17.7 Å². The van der Waals surface area contributed by atoms with Crippen LogP contribution in [-0.4, -0.2) is 27.6 Å². The molecular weight excluding hydrogens is 345 g/mol. The summed E-state index contributed by atoms with van der Waals surface area (Å²) in [6.45, 7) is 2.18. The molecular formula is C21H22FN3O2. The van der Waals surface area contributed by atoms with Crippen molar-refractivity contribution >= 4 is 6.21 Å². The Hall–Kier alpha value is -2.99. The van der Waals surface area contributed by atoms with Gasteiger partial charge in [-0.25, -0.2) is 9.07 Å². The van der Waals surface area contributed by atoms with Gasteiger partial charge in [-0.15, -0.1) is 0 Å². The molecule has 1 heterocycles. The van der Waals surface area contributed by atoms with Crippen molar-refractivity contribution in [2.45, 2.75) is 25.9 Å². The number of nitrogens with zero attached hydrogens (tertiary/aromatic N) is 2. The summed E-state index contributed by atoms with van der Waals surface area (Å²) in [5, 5.41) is 13.3. The molecule has 1 aromatic heterocycles. The fourth-order valence-electron chi connectivity index (χ4n) is 2.87. The minimum absolute atomic E-state index is 0.163. The number of halogens is 1. The first kappa shape index (κ1) is 18.8. The van der Waals surface area contributed by atoms with Crippen LogP contribution in [-0.2, 0) is 6.42 Å². The molecule has 0 aliphatic heterocycles. The van der Waals surface area contributed by atoms with Crippen LogP contribution in [0.15, 0.2) is 64.4 Å². The van der Waals surface area contributed by atoms with Crippen molar-refractivity contribution in [2.24, 2.45) is 4.99 Å². The van der Waals surface area contributed by atoms with Crippen LogP contribution >= 0.6 is 0 Å². The topological polar surface area (TPSA) is 70.4 Å². The third kappa shape index (κ3) is 4.41. The van der Waals surface area contributed by atoms with Crippen LogP contribution in [0.4, 0.5) is 4.39 Å². The van der Waals surface area contributed by atoms with E-state index in [1.54, 1.807) is 12.1 Å². The number of aromatic nitrogens is 2. The zero-order valence-corrected chi connectivity index (χ0v) is 15.1. The molecule has 0 aliphatic carbocycles. The average molecular weight is 367 g/mol. The third-order valence-electron chi connectivity index (χ3n) is 4.27. The summed E-state index contributed by atoms with van der Waals surface area (Å²) in [7, 11) is 0. The minimum Gasteiger partial charge on any atom is -0.386 e. The fourth-order valence-corrected chi connectivity index (χ4v) is 2.87. The summed E-state index contributed by atoms with van der Waals surface area (Å²) in [6, 6.07) is 15.0.